The predicted octanol–water partition coefficient (Wildman–Crippen LogP) is 14.1. The van der Waals surface area contributed by atoms with Crippen LogP contribution in [-0.4, -0.2) is 10.3 Å². The summed E-state index contributed by atoms with van der Waals surface area (Å²) in [4.78, 5) is 0. The van der Waals surface area contributed by atoms with Gasteiger partial charge in [-0.3, -0.25) is 11.8 Å². The number of hydrogen-bond donors (Lipinski definition) is 0. The van der Waals surface area contributed by atoms with Crippen LogP contribution in [-0.2, 0) is 44.8 Å². The van der Waals surface area contributed by atoms with Crippen LogP contribution in [0.4, 0.5) is 0 Å². The first-order valence-electron chi connectivity index (χ1n) is 21.9. The molecule has 10 rings (SSSR count). The Morgan fingerprint density at radius 3 is 0.712 bits per heavy atom. The van der Waals surface area contributed by atoms with Crippen molar-refractivity contribution in [2.75, 3.05) is 0 Å². The average molecular weight is 1070 g/mol. The van der Waals surface area contributed by atoms with Crippen LogP contribution in [0.15, 0.2) is 231 Å². The smallest absolute Gasteiger partial charge is 0.366 e. The Hall–Kier alpha value is -5.30. The van der Waals surface area contributed by atoms with Gasteiger partial charge in [-0.1, -0.05) is 191 Å². The normalized spacial score (nSPS) is 11.0. The van der Waals surface area contributed by atoms with E-state index in [9.17, 15) is 0 Å². The molecular formula is C62H52Ag2P2+2. The fourth-order valence-corrected chi connectivity index (χ4v) is 16.8. The van der Waals surface area contributed by atoms with Crippen molar-refractivity contribution >= 4 is 80.2 Å². The van der Waals surface area contributed by atoms with Crippen molar-refractivity contribution in [3.05, 3.63) is 254 Å². The summed E-state index contributed by atoms with van der Waals surface area (Å²) < 4.78 is 0. The number of fused-ring (bicyclic) bond motifs is 4. The van der Waals surface area contributed by atoms with Crippen molar-refractivity contribution in [1.82, 2.24) is 0 Å². The van der Waals surface area contributed by atoms with Gasteiger partial charge in [0.1, 0.15) is 10.3 Å². The van der Waals surface area contributed by atoms with Gasteiger partial charge in [-0.15, -0.1) is 11.1 Å². The topological polar surface area (TPSA) is 0 Å². The second-order valence-corrected chi connectivity index (χ2v) is 23.4. The van der Waals surface area contributed by atoms with Crippen LogP contribution >= 0.6 is 15.8 Å². The summed E-state index contributed by atoms with van der Waals surface area (Å²) in [6.45, 7) is 10.1. The number of hydrogen-bond acceptors (Lipinski definition) is 0. The van der Waals surface area contributed by atoms with Gasteiger partial charge in [0, 0.05) is 0 Å². The molecule has 0 aromatic heterocycles. The second-order valence-electron chi connectivity index (χ2n) is 17.1. The molecule has 0 atom stereocenters. The van der Waals surface area contributed by atoms with Crippen molar-refractivity contribution < 1.29 is 44.8 Å². The summed E-state index contributed by atoms with van der Waals surface area (Å²) in [7, 11) is -2.13. The molecule has 0 heterocycles. The molecule has 0 nitrogen and oxygen atoms in total. The maximum absolute atomic E-state index is 7.46. The first-order chi connectivity index (χ1) is 31.2. The summed E-state index contributed by atoms with van der Waals surface area (Å²) in [5.41, 5.74) is 1.77. The SMILES string of the molecule is CC(C)([PH+](c1ccccc1)c1ccccc1)C(C)(C)[PH+](c1ccccc1)c1ccccc1.[Ag+].[Ag+].[C-]#Cc1c2ccccc2cc2ccccc12.[C-]#Cc1c2ccccc2cc2ccccc12. The Labute approximate surface area is 425 Å². The third-order valence-corrected chi connectivity index (χ3v) is 20.5. The van der Waals surface area contributed by atoms with Crippen molar-refractivity contribution in [2.45, 2.75) is 38.0 Å². The molecule has 0 fully saturated rings. The van der Waals surface area contributed by atoms with Crippen molar-refractivity contribution in [2.24, 2.45) is 0 Å². The van der Waals surface area contributed by atoms with Crippen LogP contribution in [0.5, 0.6) is 0 Å². The molecule has 0 aliphatic heterocycles. The Bertz CT molecular complexity index is 2830. The van der Waals surface area contributed by atoms with Crippen LogP contribution < -0.4 is 21.2 Å². The van der Waals surface area contributed by atoms with Crippen molar-refractivity contribution in [3.63, 3.8) is 0 Å². The molecule has 0 aliphatic rings. The van der Waals surface area contributed by atoms with E-state index in [4.69, 9.17) is 12.8 Å². The molecule has 4 heteroatoms. The van der Waals surface area contributed by atoms with Gasteiger partial charge in [0.25, 0.3) is 0 Å². The largest absolute Gasteiger partial charge is 1.00 e. The zero-order chi connectivity index (χ0) is 44.5. The maximum atomic E-state index is 7.46. The summed E-state index contributed by atoms with van der Waals surface area (Å²) in [5.74, 6) is 5.13. The molecule has 66 heavy (non-hydrogen) atoms. The van der Waals surface area contributed by atoms with E-state index in [1.165, 1.54) is 21.2 Å². The minimum Gasteiger partial charge on any atom is -0.366 e. The summed E-state index contributed by atoms with van der Waals surface area (Å²) >= 11 is 0. The Kier molecular flexibility index (Phi) is 17.4. The predicted molar refractivity (Wildman–Crippen MR) is 284 cm³/mol. The fourth-order valence-electron chi connectivity index (χ4n) is 9.12. The zero-order valence-corrected chi connectivity index (χ0v) is 42.5. The molecule has 10 aromatic rings. The van der Waals surface area contributed by atoms with Gasteiger partial charge < -0.3 is 12.8 Å². The molecule has 0 bridgehead atoms. The van der Waals surface area contributed by atoms with E-state index < -0.39 is 15.8 Å². The molecule has 10 aromatic carbocycles. The van der Waals surface area contributed by atoms with Gasteiger partial charge in [0.15, 0.2) is 0 Å². The zero-order valence-electron chi connectivity index (χ0n) is 37.5. The van der Waals surface area contributed by atoms with E-state index in [1.807, 2.05) is 72.8 Å². The fraction of sp³-hybridized carbons (Fsp3) is 0.0968. The Balaban J connectivity index is 0.000000177. The first-order valence-corrected chi connectivity index (χ1v) is 24.9. The van der Waals surface area contributed by atoms with E-state index in [-0.39, 0.29) is 55.1 Å². The summed E-state index contributed by atoms with van der Waals surface area (Å²) in [6.07, 6.45) is 14.9. The van der Waals surface area contributed by atoms with Gasteiger partial charge in [0.05, 0.1) is 37.1 Å². The first kappa shape index (κ1) is 50.1. The van der Waals surface area contributed by atoms with E-state index in [0.29, 0.717) is 0 Å². The van der Waals surface area contributed by atoms with Crippen molar-refractivity contribution in [1.29, 1.82) is 0 Å². The van der Waals surface area contributed by atoms with Crippen LogP contribution in [0.25, 0.3) is 43.1 Å². The second kappa shape index (κ2) is 22.9. The average Bonchev–Trinajstić information content (AvgIpc) is 3.34. The van der Waals surface area contributed by atoms with Crippen LogP contribution in [0.2, 0.25) is 0 Å². The molecule has 330 valence electrons. The van der Waals surface area contributed by atoms with Gasteiger partial charge in [-0.05, 0) is 110 Å². The minimum atomic E-state index is -1.07. The quantitative estimate of drug-likeness (QED) is 0.0491. The monoisotopic (exact) mass is 1070 g/mol. The van der Waals surface area contributed by atoms with Crippen LogP contribution in [0, 0.1) is 24.7 Å². The third kappa shape index (κ3) is 10.6. The molecule has 0 radical (unpaired) electrons. The molecule has 0 N–H and O–H groups in total. The summed E-state index contributed by atoms with van der Waals surface area (Å²) in [5, 5.41) is 15.2. The van der Waals surface area contributed by atoms with Gasteiger partial charge >= 0.3 is 44.8 Å². The van der Waals surface area contributed by atoms with E-state index >= 15 is 0 Å². The van der Waals surface area contributed by atoms with Crippen LogP contribution in [0.1, 0.15) is 38.8 Å². The molecule has 0 unspecified atom stereocenters. The minimum absolute atomic E-state index is 0. The molecular weight excluding hydrogens is 1020 g/mol. The van der Waals surface area contributed by atoms with E-state index in [0.717, 1.165) is 54.2 Å². The standard InChI is InChI=1S/C30H32P2.2C16H9.2Ag/c1-29(2,31(25-17-9-5-10-18-25)26-19-11-6-12-20-26)30(3,4)32(27-21-13-7-14-22-27)28-23-15-8-16-24-28;2*1-2-14-15-9-5-3-7-12(15)11-13-8-4-6-10-16(13)14;;/h5-24H,1-4H3;2*3-11H;;/q;2*-1;2*+1/p+2. The Morgan fingerprint density at radius 1 is 0.303 bits per heavy atom. The van der Waals surface area contributed by atoms with Gasteiger partial charge in [0.2, 0.25) is 0 Å². The number of rotatable bonds is 7. The molecule has 0 spiro atoms. The maximum Gasteiger partial charge on any atom is 1.00 e. The summed E-state index contributed by atoms with van der Waals surface area (Å²) in [6, 6.07) is 81.7. The molecule has 0 aliphatic carbocycles. The molecule has 0 amide bonds. The van der Waals surface area contributed by atoms with E-state index in [1.54, 1.807) is 0 Å². The van der Waals surface area contributed by atoms with Gasteiger partial charge in [-0.25, -0.2) is 0 Å². The molecule has 0 saturated carbocycles. The van der Waals surface area contributed by atoms with E-state index in [2.05, 4.69) is 197 Å². The van der Waals surface area contributed by atoms with Crippen LogP contribution in [0.3, 0.4) is 0 Å². The van der Waals surface area contributed by atoms with Gasteiger partial charge in [-0.2, -0.15) is 0 Å². The number of benzene rings is 10. The Morgan fingerprint density at radius 2 is 0.500 bits per heavy atom. The third-order valence-electron chi connectivity index (χ3n) is 12.9. The molecule has 0 saturated heterocycles. The van der Waals surface area contributed by atoms with Crippen molar-refractivity contribution in [3.8, 4) is 11.8 Å².